The van der Waals surface area contributed by atoms with Gasteiger partial charge in [0, 0.05) is 25.6 Å². The molecule has 0 unspecified atom stereocenters. The lowest BCUT2D eigenvalue weighted by molar-refractivity contribution is -0.384. The first-order chi connectivity index (χ1) is 10.0. The van der Waals surface area contributed by atoms with E-state index in [1.54, 1.807) is 6.07 Å². The maximum atomic E-state index is 11.7. The summed E-state index contributed by atoms with van der Waals surface area (Å²) in [6, 6.07) is 2.93. The van der Waals surface area contributed by atoms with Crippen LogP contribution in [0.5, 0.6) is 0 Å². The number of nitrogens with zero attached hydrogens (tertiary/aromatic N) is 2. The van der Waals surface area contributed by atoms with Gasteiger partial charge in [-0.25, -0.2) is 0 Å². The molecule has 1 fully saturated rings. The number of rotatable bonds is 5. The normalized spacial score (nSPS) is 14.3. The molecule has 6 nitrogen and oxygen atoms in total. The van der Waals surface area contributed by atoms with Crippen molar-refractivity contribution in [3.8, 4) is 0 Å². The average Bonchev–Trinajstić information content (AvgIpc) is 2.94. The highest BCUT2D eigenvalue weighted by Gasteiger charge is 2.24. The third-order valence-corrected chi connectivity index (χ3v) is 3.77. The van der Waals surface area contributed by atoms with Gasteiger partial charge in [0.15, 0.2) is 0 Å². The number of nitro groups is 1. The zero-order chi connectivity index (χ0) is 15.4. The van der Waals surface area contributed by atoms with E-state index in [1.807, 2.05) is 11.8 Å². The molecule has 1 aliphatic rings. The molecule has 0 aliphatic carbocycles. The second-order valence-corrected chi connectivity index (χ2v) is 5.48. The summed E-state index contributed by atoms with van der Waals surface area (Å²) in [4.78, 5) is 24.4. The van der Waals surface area contributed by atoms with Gasteiger partial charge in [0.2, 0.25) is 5.91 Å². The number of nitro benzene ring substituents is 1. The first kappa shape index (κ1) is 15.6. The van der Waals surface area contributed by atoms with Crippen molar-refractivity contribution in [3.05, 3.63) is 27.3 Å². The van der Waals surface area contributed by atoms with E-state index >= 15 is 0 Å². The molecule has 1 N–H and O–H groups in total. The lowest BCUT2D eigenvalue weighted by atomic mass is 10.2. The number of hydrogen-bond donors (Lipinski definition) is 1. The van der Waals surface area contributed by atoms with Crippen molar-refractivity contribution in [2.45, 2.75) is 32.6 Å². The number of benzene rings is 1. The number of carbonyl (C=O) groups is 1. The van der Waals surface area contributed by atoms with Gasteiger partial charge in [-0.2, -0.15) is 0 Å². The molecule has 114 valence electrons. The van der Waals surface area contributed by atoms with Gasteiger partial charge >= 0.3 is 0 Å². The van der Waals surface area contributed by atoms with E-state index in [0.717, 1.165) is 32.4 Å². The molecule has 2 rings (SSSR count). The fraction of sp³-hybridized carbons (Fsp3) is 0.500. The Labute approximate surface area is 128 Å². The van der Waals surface area contributed by atoms with Crippen molar-refractivity contribution < 1.29 is 9.72 Å². The second-order valence-electron chi connectivity index (χ2n) is 5.07. The Morgan fingerprint density at radius 2 is 2.10 bits per heavy atom. The standard InChI is InChI=1S/C14H18ClN3O3/c1-2-5-14(19)16-11-9-12(17-6-3-4-7-17)13(18(20)21)8-10(11)15/h8-9H,2-7H2,1H3,(H,16,19). The molecule has 1 aliphatic heterocycles. The molecular formula is C14H18ClN3O3. The summed E-state index contributed by atoms with van der Waals surface area (Å²) in [5.41, 5.74) is 0.937. The lowest BCUT2D eigenvalue weighted by Gasteiger charge is -2.19. The van der Waals surface area contributed by atoms with Crippen LogP contribution < -0.4 is 10.2 Å². The molecule has 0 aromatic heterocycles. The molecular weight excluding hydrogens is 294 g/mol. The van der Waals surface area contributed by atoms with Gasteiger partial charge in [0.1, 0.15) is 5.69 Å². The molecule has 1 heterocycles. The molecule has 21 heavy (non-hydrogen) atoms. The van der Waals surface area contributed by atoms with Crippen molar-refractivity contribution in [2.75, 3.05) is 23.3 Å². The first-order valence-corrected chi connectivity index (χ1v) is 7.43. The first-order valence-electron chi connectivity index (χ1n) is 7.05. The van der Waals surface area contributed by atoms with E-state index in [-0.39, 0.29) is 16.6 Å². The van der Waals surface area contributed by atoms with Gasteiger partial charge in [-0.05, 0) is 25.3 Å². The van der Waals surface area contributed by atoms with Crippen molar-refractivity contribution in [3.63, 3.8) is 0 Å². The Balaban J connectivity index is 2.36. The minimum atomic E-state index is -0.433. The molecule has 0 atom stereocenters. The largest absolute Gasteiger partial charge is 0.366 e. The number of carbonyl (C=O) groups excluding carboxylic acids is 1. The molecule has 1 saturated heterocycles. The van der Waals surface area contributed by atoms with Gasteiger partial charge in [0.05, 0.1) is 15.6 Å². The van der Waals surface area contributed by atoms with Crippen LogP contribution in [0.15, 0.2) is 12.1 Å². The second kappa shape index (κ2) is 6.76. The van der Waals surface area contributed by atoms with Crippen molar-refractivity contribution in [1.29, 1.82) is 0 Å². The topological polar surface area (TPSA) is 75.5 Å². The monoisotopic (exact) mass is 311 g/mol. The highest BCUT2D eigenvalue weighted by Crippen LogP contribution is 2.38. The van der Waals surface area contributed by atoms with Gasteiger partial charge < -0.3 is 10.2 Å². The zero-order valence-electron chi connectivity index (χ0n) is 11.9. The van der Waals surface area contributed by atoms with Crippen molar-refractivity contribution in [1.82, 2.24) is 0 Å². The van der Waals surface area contributed by atoms with Crippen LogP contribution in [0, 0.1) is 10.1 Å². The summed E-state index contributed by atoms with van der Waals surface area (Å²) in [6.07, 6.45) is 3.15. The minimum Gasteiger partial charge on any atom is -0.366 e. The van der Waals surface area contributed by atoms with E-state index in [0.29, 0.717) is 17.8 Å². The molecule has 7 heteroatoms. The number of amides is 1. The van der Waals surface area contributed by atoms with Crippen LogP contribution in [-0.2, 0) is 4.79 Å². The van der Waals surface area contributed by atoms with Crippen LogP contribution in [0.1, 0.15) is 32.6 Å². The summed E-state index contributed by atoms with van der Waals surface area (Å²) in [5, 5.41) is 14.1. The van der Waals surface area contributed by atoms with Crippen LogP contribution in [0.2, 0.25) is 5.02 Å². The van der Waals surface area contributed by atoms with Gasteiger partial charge in [-0.3, -0.25) is 14.9 Å². The van der Waals surface area contributed by atoms with E-state index < -0.39 is 4.92 Å². The summed E-state index contributed by atoms with van der Waals surface area (Å²) >= 11 is 6.06. The van der Waals surface area contributed by atoms with E-state index in [1.165, 1.54) is 6.07 Å². The number of anilines is 2. The van der Waals surface area contributed by atoms with Gasteiger partial charge in [-0.1, -0.05) is 18.5 Å². The molecule has 0 spiro atoms. The highest BCUT2D eigenvalue weighted by atomic mass is 35.5. The summed E-state index contributed by atoms with van der Waals surface area (Å²) < 4.78 is 0. The summed E-state index contributed by atoms with van der Waals surface area (Å²) in [7, 11) is 0. The Morgan fingerprint density at radius 1 is 1.43 bits per heavy atom. The Morgan fingerprint density at radius 3 is 2.67 bits per heavy atom. The van der Waals surface area contributed by atoms with Crippen LogP contribution >= 0.6 is 11.6 Å². The SMILES string of the molecule is CCCC(=O)Nc1cc(N2CCCC2)c([N+](=O)[O-])cc1Cl. The molecule has 1 aromatic rings. The van der Waals surface area contributed by atoms with Crippen molar-refractivity contribution >= 4 is 34.6 Å². The Bertz CT molecular complexity index is 557. The van der Waals surface area contributed by atoms with Crippen LogP contribution in [0.3, 0.4) is 0 Å². The quantitative estimate of drug-likeness (QED) is 0.666. The number of hydrogen-bond acceptors (Lipinski definition) is 4. The predicted molar refractivity (Wildman–Crippen MR) is 83.1 cm³/mol. The number of halogens is 1. The van der Waals surface area contributed by atoms with E-state index in [9.17, 15) is 14.9 Å². The smallest absolute Gasteiger partial charge is 0.294 e. The Hall–Kier alpha value is -1.82. The highest BCUT2D eigenvalue weighted by molar-refractivity contribution is 6.34. The third-order valence-electron chi connectivity index (χ3n) is 3.46. The van der Waals surface area contributed by atoms with Gasteiger partial charge in [0.25, 0.3) is 5.69 Å². The summed E-state index contributed by atoms with van der Waals surface area (Å²) in [6.45, 7) is 3.47. The molecule has 0 radical (unpaired) electrons. The maximum Gasteiger partial charge on any atom is 0.294 e. The molecule has 0 bridgehead atoms. The fourth-order valence-corrected chi connectivity index (χ4v) is 2.65. The third kappa shape index (κ3) is 3.64. The van der Waals surface area contributed by atoms with Crippen LogP contribution in [0.4, 0.5) is 17.1 Å². The average molecular weight is 312 g/mol. The molecule has 1 aromatic carbocycles. The maximum absolute atomic E-state index is 11.7. The van der Waals surface area contributed by atoms with E-state index in [4.69, 9.17) is 11.6 Å². The zero-order valence-corrected chi connectivity index (χ0v) is 12.7. The fourth-order valence-electron chi connectivity index (χ4n) is 2.44. The predicted octanol–water partition coefficient (Wildman–Crippen LogP) is 3.59. The van der Waals surface area contributed by atoms with Crippen LogP contribution in [-0.4, -0.2) is 23.9 Å². The van der Waals surface area contributed by atoms with Crippen molar-refractivity contribution in [2.24, 2.45) is 0 Å². The lowest BCUT2D eigenvalue weighted by Crippen LogP contribution is -2.20. The van der Waals surface area contributed by atoms with E-state index in [2.05, 4.69) is 5.32 Å². The minimum absolute atomic E-state index is 0.0182. The number of nitrogens with one attached hydrogen (secondary N) is 1. The molecule has 1 amide bonds. The van der Waals surface area contributed by atoms with Gasteiger partial charge in [-0.15, -0.1) is 0 Å². The van der Waals surface area contributed by atoms with Crippen LogP contribution in [0.25, 0.3) is 0 Å². The molecule has 0 saturated carbocycles. The Kier molecular flexibility index (Phi) is 5.01. The summed E-state index contributed by atoms with van der Waals surface area (Å²) in [5.74, 6) is -0.138.